The summed E-state index contributed by atoms with van der Waals surface area (Å²) in [6.45, 7) is 0.292. The minimum atomic E-state index is -0.341. The van der Waals surface area contributed by atoms with Gasteiger partial charge in [-0.2, -0.15) is 0 Å². The molecule has 0 bridgehead atoms. The molecule has 0 saturated heterocycles. The van der Waals surface area contributed by atoms with E-state index in [4.69, 9.17) is 11.6 Å². The lowest BCUT2D eigenvalue weighted by molar-refractivity contribution is 0.0995. The zero-order valence-electron chi connectivity index (χ0n) is 15.3. The summed E-state index contributed by atoms with van der Waals surface area (Å²) < 4.78 is 1.47. The molecule has 0 aliphatic rings. The first-order valence-corrected chi connectivity index (χ1v) is 9.38. The Morgan fingerprint density at radius 2 is 1.31 bits per heavy atom. The van der Waals surface area contributed by atoms with Crippen LogP contribution in [0.15, 0.2) is 84.9 Å². The van der Waals surface area contributed by atoms with Crippen LogP contribution in [0.4, 0.5) is 0 Å². The van der Waals surface area contributed by atoms with Gasteiger partial charge in [-0.3, -0.25) is 9.59 Å². The monoisotopic (exact) mass is 401 g/mol. The third-order valence-electron chi connectivity index (χ3n) is 4.48. The largest absolute Gasteiger partial charge is 0.287 e. The van der Waals surface area contributed by atoms with Gasteiger partial charge in [0.15, 0.2) is 5.69 Å². The van der Waals surface area contributed by atoms with Crippen LogP contribution in [-0.4, -0.2) is 26.6 Å². The molecule has 3 aromatic carbocycles. The molecular formula is C23H16ClN3O2. The second-order valence-corrected chi connectivity index (χ2v) is 6.90. The van der Waals surface area contributed by atoms with E-state index in [2.05, 4.69) is 10.3 Å². The van der Waals surface area contributed by atoms with Crippen molar-refractivity contribution in [2.45, 2.75) is 6.54 Å². The SMILES string of the molecule is O=C(c1ccccc1)c1nnn(Cc2ccc(Cl)cc2)c1C(=O)c1ccccc1. The fourth-order valence-corrected chi connectivity index (χ4v) is 3.14. The number of hydrogen-bond donors (Lipinski definition) is 0. The van der Waals surface area contributed by atoms with Crippen molar-refractivity contribution in [1.82, 2.24) is 15.0 Å². The lowest BCUT2D eigenvalue weighted by atomic mass is 10.0. The molecular weight excluding hydrogens is 386 g/mol. The molecule has 0 unspecified atom stereocenters. The molecule has 0 fully saturated rings. The third-order valence-corrected chi connectivity index (χ3v) is 4.73. The van der Waals surface area contributed by atoms with E-state index in [0.29, 0.717) is 22.7 Å². The smallest absolute Gasteiger partial charge is 0.215 e. The van der Waals surface area contributed by atoms with Gasteiger partial charge in [-0.15, -0.1) is 5.10 Å². The number of hydrogen-bond acceptors (Lipinski definition) is 4. The van der Waals surface area contributed by atoms with Crippen molar-refractivity contribution in [3.8, 4) is 0 Å². The van der Waals surface area contributed by atoms with Crippen molar-refractivity contribution in [3.05, 3.63) is 118 Å². The fourth-order valence-electron chi connectivity index (χ4n) is 3.02. The highest BCUT2D eigenvalue weighted by atomic mass is 35.5. The molecule has 0 N–H and O–H groups in total. The molecule has 4 aromatic rings. The van der Waals surface area contributed by atoms with Crippen LogP contribution in [0.3, 0.4) is 0 Å². The van der Waals surface area contributed by atoms with E-state index in [1.165, 1.54) is 4.68 Å². The predicted octanol–water partition coefficient (Wildman–Crippen LogP) is 4.44. The Labute approximate surface area is 172 Å². The van der Waals surface area contributed by atoms with Crippen LogP contribution in [0.1, 0.15) is 37.7 Å². The molecule has 5 nitrogen and oxygen atoms in total. The van der Waals surface area contributed by atoms with Gasteiger partial charge in [-0.25, -0.2) is 4.68 Å². The molecule has 0 radical (unpaired) electrons. The number of benzene rings is 3. The van der Waals surface area contributed by atoms with Crippen molar-refractivity contribution in [2.75, 3.05) is 0 Å². The summed E-state index contributed by atoms with van der Waals surface area (Å²) in [5.74, 6) is -0.643. The molecule has 1 aromatic heterocycles. The van der Waals surface area contributed by atoms with E-state index >= 15 is 0 Å². The summed E-state index contributed by atoms with van der Waals surface area (Å²) in [6.07, 6.45) is 0. The summed E-state index contributed by atoms with van der Waals surface area (Å²) in [5, 5.41) is 8.81. The Hall–Kier alpha value is -3.57. The van der Waals surface area contributed by atoms with E-state index in [1.54, 1.807) is 60.7 Å². The first kappa shape index (κ1) is 18.8. The Morgan fingerprint density at radius 3 is 1.90 bits per heavy atom. The molecule has 142 valence electrons. The maximum Gasteiger partial charge on any atom is 0.215 e. The molecule has 0 saturated carbocycles. The molecule has 4 rings (SSSR count). The van der Waals surface area contributed by atoms with E-state index < -0.39 is 0 Å². The van der Waals surface area contributed by atoms with Crippen molar-refractivity contribution in [2.24, 2.45) is 0 Å². The molecule has 0 atom stereocenters. The van der Waals surface area contributed by atoms with Crippen molar-refractivity contribution in [3.63, 3.8) is 0 Å². The van der Waals surface area contributed by atoms with E-state index in [1.807, 2.05) is 24.3 Å². The minimum Gasteiger partial charge on any atom is -0.287 e. The number of carbonyl (C=O) groups excluding carboxylic acids is 2. The molecule has 0 spiro atoms. The third kappa shape index (κ3) is 4.00. The van der Waals surface area contributed by atoms with Crippen molar-refractivity contribution in [1.29, 1.82) is 0 Å². The number of aromatic nitrogens is 3. The zero-order chi connectivity index (χ0) is 20.2. The van der Waals surface area contributed by atoms with Gasteiger partial charge >= 0.3 is 0 Å². The predicted molar refractivity (Wildman–Crippen MR) is 110 cm³/mol. The minimum absolute atomic E-state index is 0.0408. The number of ketones is 2. The van der Waals surface area contributed by atoms with Crippen LogP contribution in [-0.2, 0) is 6.54 Å². The molecule has 0 aliphatic heterocycles. The Bertz CT molecular complexity index is 1150. The zero-order valence-corrected chi connectivity index (χ0v) is 16.1. The highest BCUT2D eigenvalue weighted by Gasteiger charge is 2.27. The Balaban J connectivity index is 1.79. The second-order valence-electron chi connectivity index (χ2n) is 6.46. The second kappa shape index (κ2) is 8.20. The van der Waals surface area contributed by atoms with Gasteiger partial charge in [0.1, 0.15) is 5.69 Å². The van der Waals surface area contributed by atoms with Crippen LogP contribution >= 0.6 is 11.6 Å². The quantitative estimate of drug-likeness (QED) is 0.448. The van der Waals surface area contributed by atoms with Gasteiger partial charge in [0.05, 0.1) is 6.54 Å². The van der Waals surface area contributed by atoms with Gasteiger partial charge in [0.25, 0.3) is 0 Å². The van der Waals surface area contributed by atoms with E-state index in [-0.39, 0.29) is 23.0 Å². The molecule has 1 heterocycles. The molecule has 0 aliphatic carbocycles. The van der Waals surface area contributed by atoms with Crippen molar-refractivity contribution < 1.29 is 9.59 Å². The fraction of sp³-hybridized carbons (Fsp3) is 0.0435. The summed E-state index contributed by atoms with van der Waals surface area (Å²) in [4.78, 5) is 26.3. The first-order chi connectivity index (χ1) is 14.1. The van der Waals surface area contributed by atoms with Crippen LogP contribution in [0.2, 0.25) is 5.02 Å². The van der Waals surface area contributed by atoms with Crippen LogP contribution in [0, 0.1) is 0 Å². The van der Waals surface area contributed by atoms with E-state index in [0.717, 1.165) is 5.56 Å². The summed E-state index contributed by atoms with van der Waals surface area (Å²) >= 11 is 5.96. The molecule has 0 amide bonds. The number of nitrogens with zero attached hydrogens (tertiary/aromatic N) is 3. The maximum absolute atomic E-state index is 13.3. The lowest BCUT2D eigenvalue weighted by Gasteiger charge is -2.08. The lowest BCUT2D eigenvalue weighted by Crippen LogP contribution is -2.16. The van der Waals surface area contributed by atoms with Gasteiger partial charge < -0.3 is 0 Å². The standard InChI is InChI=1S/C23H16ClN3O2/c24-19-13-11-16(12-14-19)15-27-21(23(29)18-9-5-2-6-10-18)20(25-26-27)22(28)17-7-3-1-4-8-17/h1-14H,15H2. The first-order valence-electron chi connectivity index (χ1n) is 9.01. The van der Waals surface area contributed by atoms with Crippen LogP contribution in [0.25, 0.3) is 0 Å². The van der Waals surface area contributed by atoms with Crippen LogP contribution in [0.5, 0.6) is 0 Å². The van der Waals surface area contributed by atoms with Crippen LogP contribution < -0.4 is 0 Å². The van der Waals surface area contributed by atoms with Gasteiger partial charge in [0.2, 0.25) is 11.6 Å². The number of carbonyl (C=O) groups is 2. The maximum atomic E-state index is 13.3. The normalized spacial score (nSPS) is 10.7. The van der Waals surface area contributed by atoms with Crippen molar-refractivity contribution >= 4 is 23.2 Å². The summed E-state index contributed by atoms with van der Waals surface area (Å²) in [6, 6.07) is 24.8. The number of rotatable bonds is 6. The Morgan fingerprint density at radius 1 is 0.759 bits per heavy atom. The average Bonchev–Trinajstić information content (AvgIpc) is 3.19. The number of halogens is 1. The van der Waals surface area contributed by atoms with Gasteiger partial charge in [0, 0.05) is 16.1 Å². The van der Waals surface area contributed by atoms with Gasteiger partial charge in [-0.1, -0.05) is 89.6 Å². The Kier molecular flexibility index (Phi) is 5.31. The highest BCUT2D eigenvalue weighted by Crippen LogP contribution is 2.19. The van der Waals surface area contributed by atoms with E-state index in [9.17, 15) is 9.59 Å². The molecule has 6 heteroatoms. The highest BCUT2D eigenvalue weighted by molar-refractivity contribution is 6.30. The molecule has 29 heavy (non-hydrogen) atoms. The summed E-state index contributed by atoms with van der Waals surface area (Å²) in [5.41, 5.74) is 2.02. The average molecular weight is 402 g/mol. The summed E-state index contributed by atoms with van der Waals surface area (Å²) in [7, 11) is 0. The topological polar surface area (TPSA) is 64.8 Å². The van der Waals surface area contributed by atoms with Gasteiger partial charge in [-0.05, 0) is 17.7 Å².